The summed E-state index contributed by atoms with van der Waals surface area (Å²) in [6.07, 6.45) is 1.46. The number of carbonyl (C=O) groups excluding carboxylic acids is 2. The second-order valence-electron chi connectivity index (χ2n) is 7.39. The van der Waals surface area contributed by atoms with E-state index >= 15 is 0 Å². The molecule has 4 aromatic rings. The summed E-state index contributed by atoms with van der Waals surface area (Å²) in [6.45, 7) is 2.19. The summed E-state index contributed by atoms with van der Waals surface area (Å²) in [7, 11) is 0. The molecule has 35 heavy (non-hydrogen) atoms. The van der Waals surface area contributed by atoms with Gasteiger partial charge in [-0.3, -0.25) is 4.79 Å². The van der Waals surface area contributed by atoms with Crippen molar-refractivity contribution >= 4 is 56.4 Å². The van der Waals surface area contributed by atoms with E-state index in [1.54, 1.807) is 42.5 Å². The number of hydrogen-bond acceptors (Lipinski definition) is 5. The molecule has 0 atom stereocenters. The van der Waals surface area contributed by atoms with Crippen LogP contribution in [0.4, 0.5) is 0 Å². The van der Waals surface area contributed by atoms with E-state index in [0.717, 1.165) is 10.8 Å². The van der Waals surface area contributed by atoms with Crippen LogP contribution >= 0.6 is 27.5 Å². The van der Waals surface area contributed by atoms with E-state index in [9.17, 15) is 9.59 Å². The molecule has 0 aromatic heterocycles. The first-order valence-corrected chi connectivity index (χ1v) is 11.9. The maximum Gasteiger partial charge on any atom is 0.344 e. The molecule has 0 saturated heterocycles. The van der Waals surface area contributed by atoms with E-state index in [1.807, 2.05) is 43.3 Å². The monoisotopic (exact) mass is 550 g/mol. The van der Waals surface area contributed by atoms with Crippen molar-refractivity contribution in [3.05, 3.63) is 105 Å². The Labute approximate surface area is 215 Å². The van der Waals surface area contributed by atoms with E-state index in [0.29, 0.717) is 38.5 Å². The zero-order valence-electron chi connectivity index (χ0n) is 18.6. The first kappa shape index (κ1) is 24.4. The Bertz CT molecular complexity index is 1430. The molecule has 6 nitrogen and oxygen atoms in total. The molecule has 0 radical (unpaired) electrons. The van der Waals surface area contributed by atoms with Crippen LogP contribution in [0.2, 0.25) is 5.02 Å². The number of rotatable bonds is 7. The molecule has 0 saturated carbocycles. The largest absolute Gasteiger partial charge is 0.490 e. The molecule has 1 amide bonds. The highest BCUT2D eigenvalue weighted by molar-refractivity contribution is 9.10. The third-order valence-corrected chi connectivity index (χ3v) is 5.83. The van der Waals surface area contributed by atoms with Crippen molar-refractivity contribution in [2.75, 3.05) is 6.61 Å². The van der Waals surface area contributed by atoms with Gasteiger partial charge in [-0.1, -0.05) is 54.1 Å². The second-order valence-corrected chi connectivity index (χ2v) is 8.68. The van der Waals surface area contributed by atoms with Crippen LogP contribution < -0.4 is 14.9 Å². The molecular weight excluding hydrogens is 532 g/mol. The van der Waals surface area contributed by atoms with Crippen LogP contribution in [0.15, 0.2) is 88.4 Å². The van der Waals surface area contributed by atoms with Gasteiger partial charge in [0.2, 0.25) is 0 Å². The van der Waals surface area contributed by atoms with Crippen LogP contribution in [-0.2, 0) is 0 Å². The smallest absolute Gasteiger partial charge is 0.344 e. The Balaban J connectivity index is 1.55. The van der Waals surface area contributed by atoms with Crippen molar-refractivity contribution in [3.63, 3.8) is 0 Å². The SMILES string of the molecule is CCOc1cc(/C=N\NC(=O)c2cccc(Cl)c2)cc(Br)c1OC(=O)c1cccc2ccccc12. The number of fused-ring (bicyclic) bond motifs is 1. The lowest BCUT2D eigenvalue weighted by atomic mass is 10.0. The fraction of sp³-hybridized carbons (Fsp3) is 0.0741. The summed E-state index contributed by atoms with van der Waals surface area (Å²) in [5.41, 5.74) is 3.92. The Hall–Kier alpha value is -3.68. The van der Waals surface area contributed by atoms with E-state index in [-0.39, 0.29) is 5.75 Å². The van der Waals surface area contributed by atoms with Gasteiger partial charge in [0.05, 0.1) is 22.9 Å². The van der Waals surface area contributed by atoms with Gasteiger partial charge < -0.3 is 9.47 Å². The van der Waals surface area contributed by atoms with Crippen LogP contribution in [0.1, 0.15) is 33.2 Å². The topological polar surface area (TPSA) is 77.0 Å². The third kappa shape index (κ3) is 5.88. The number of nitrogens with one attached hydrogen (secondary N) is 1. The highest BCUT2D eigenvalue weighted by Gasteiger charge is 2.19. The van der Waals surface area contributed by atoms with Gasteiger partial charge >= 0.3 is 5.97 Å². The Morgan fingerprint density at radius 3 is 2.60 bits per heavy atom. The molecule has 0 bridgehead atoms. The fourth-order valence-electron chi connectivity index (χ4n) is 3.44. The van der Waals surface area contributed by atoms with Gasteiger partial charge in [0, 0.05) is 10.6 Å². The maximum atomic E-state index is 13.0. The summed E-state index contributed by atoms with van der Waals surface area (Å²) in [4.78, 5) is 25.3. The predicted octanol–water partition coefficient (Wildman–Crippen LogP) is 6.64. The van der Waals surface area contributed by atoms with E-state index in [2.05, 4.69) is 26.5 Å². The van der Waals surface area contributed by atoms with Crippen LogP contribution in [0, 0.1) is 0 Å². The van der Waals surface area contributed by atoms with Crippen molar-refractivity contribution in [1.82, 2.24) is 5.43 Å². The quantitative estimate of drug-likeness (QED) is 0.121. The van der Waals surface area contributed by atoms with Gasteiger partial charge in [-0.15, -0.1) is 0 Å². The number of carbonyl (C=O) groups is 2. The predicted molar refractivity (Wildman–Crippen MR) is 141 cm³/mol. The summed E-state index contributed by atoms with van der Waals surface area (Å²) in [5, 5.41) is 6.21. The number of hydrogen-bond donors (Lipinski definition) is 1. The Morgan fingerprint density at radius 2 is 1.80 bits per heavy atom. The minimum absolute atomic E-state index is 0.255. The zero-order chi connectivity index (χ0) is 24.8. The summed E-state index contributed by atoms with van der Waals surface area (Å²) in [6, 6.07) is 23.0. The first-order chi connectivity index (χ1) is 17.0. The normalized spacial score (nSPS) is 10.9. The number of halogens is 2. The first-order valence-electron chi connectivity index (χ1n) is 10.7. The van der Waals surface area contributed by atoms with Crippen molar-refractivity contribution < 1.29 is 19.1 Å². The molecule has 4 aromatic carbocycles. The van der Waals surface area contributed by atoms with Crippen LogP contribution in [0.25, 0.3) is 10.8 Å². The summed E-state index contributed by atoms with van der Waals surface area (Å²) >= 11 is 9.39. The van der Waals surface area contributed by atoms with Crippen LogP contribution in [0.5, 0.6) is 11.5 Å². The number of esters is 1. The average molecular weight is 552 g/mol. The Kier molecular flexibility index (Phi) is 7.80. The molecule has 0 aliphatic rings. The van der Waals surface area contributed by atoms with Gasteiger partial charge in [-0.05, 0) is 75.6 Å². The minimum atomic E-state index is -0.501. The van der Waals surface area contributed by atoms with E-state index in [4.69, 9.17) is 21.1 Å². The third-order valence-electron chi connectivity index (χ3n) is 5.00. The number of hydrazone groups is 1. The minimum Gasteiger partial charge on any atom is -0.490 e. The van der Waals surface area contributed by atoms with Gasteiger partial charge in [-0.2, -0.15) is 5.10 Å². The average Bonchev–Trinajstić information content (AvgIpc) is 2.85. The van der Waals surface area contributed by atoms with Crippen LogP contribution in [-0.4, -0.2) is 24.7 Å². The number of amides is 1. The van der Waals surface area contributed by atoms with E-state index in [1.165, 1.54) is 6.21 Å². The molecule has 0 fully saturated rings. The molecule has 1 N–H and O–H groups in total. The van der Waals surface area contributed by atoms with E-state index < -0.39 is 11.9 Å². The van der Waals surface area contributed by atoms with Crippen LogP contribution in [0.3, 0.4) is 0 Å². The molecule has 0 aliphatic carbocycles. The summed E-state index contributed by atoms with van der Waals surface area (Å²) < 4.78 is 12.0. The van der Waals surface area contributed by atoms with Gasteiger partial charge in [0.15, 0.2) is 11.5 Å². The van der Waals surface area contributed by atoms with Crippen molar-refractivity contribution in [2.24, 2.45) is 5.10 Å². The zero-order valence-corrected chi connectivity index (χ0v) is 21.0. The Morgan fingerprint density at radius 1 is 1.03 bits per heavy atom. The van der Waals surface area contributed by atoms with Gasteiger partial charge in [-0.25, -0.2) is 10.2 Å². The second kappa shape index (κ2) is 11.2. The highest BCUT2D eigenvalue weighted by atomic mass is 79.9. The molecule has 0 unspecified atom stereocenters. The van der Waals surface area contributed by atoms with Gasteiger partial charge in [0.1, 0.15) is 0 Å². The molecule has 8 heteroatoms. The molecular formula is C27H20BrClN2O4. The summed E-state index contributed by atoms with van der Waals surface area (Å²) in [5.74, 6) is -0.282. The number of ether oxygens (including phenoxy) is 2. The van der Waals surface area contributed by atoms with Gasteiger partial charge in [0.25, 0.3) is 5.91 Å². The standard InChI is InChI=1S/C27H20BrClN2O4/c1-2-34-24-14-17(16-30-31-26(32)19-9-5-10-20(29)15-19)13-23(28)25(24)35-27(33)22-12-6-8-18-7-3-4-11-21(18)22/h3-16H,2H2,1H3,(H,31,32)/b30-16-. The maximum absolute atomic E-state index is 13.0. The lowest BCUT2D eigenvalue weighted by molar-refractivity contribution is 0.0729. The number of nitrogens with zero attached hydrogens (tertiary/aromatic N) is 1. The number of benzene rings is 4. The van der Waals surface area contributed by atoms with Crippen molar-refractivity contribution in [1.29, 1.82) is 0 Å². The molecule has 0 aliphatic heterocycles. The lowest BCUT2D eigenvalue weighted by Crippen LogP contribution is -2.17. The molecule has 4 rings (SSSR count). The van der Waals surface area contributed by atoms with Crippen molar-refractivity contribution in [3.8, 4) is 11.5 Å². The fourth-order valence-corrected chi connectivity index (χ4v) is 4.17. The lowest BCUT2D eigenvalue weighted by Gasteiger charge is -2.14. The highest BCUT2D eigenvalue weighted by Crippen LogP contribution is 2.37. The molecule has 0 heterocycles. The molecule has 0 spiro atoms. The molecule has 176 valence electrons. The van der Waals surface area contributed by atoms with Crippen molar-refractivity contribution in [2.45, 2.75) is 6.92 Å².